The predicted octanol–water partition coefficient (Wildman–Crippen LogP) is 6.56. The van der Waals surface area contributed by atoms with Crippen molar-refractivity contribution in [2.24, 2.45) is 11.8 Å². The average molecular weight is 273 g/mol. The van der Waals surface area contributed by atoms with Gasteiger partial charge in [0.25, 0.3) is 0 Å². The van der Waals surface area contributed by atoms with E-state index in [1.54, 1.807) is 0 Å². The van der Waals surface area contributed by atoms with E-state index in [2.05, 4.69) is 20.8 Å². The second-order valence-corrected chi connectivity index (χ2v) is 7.75. The molecule has 1 aliphatic rings. The minimum atomic E-state index is -0.00156. The van der Waals surface area contributed by atoms with Crippen molar-refractivity contribution < 1.29 is 0 Å². The fourth-order valence-electron chi connectivity index (χ4n) is 3.64. The smallest absolute Gasteiger partial charge is 0.0421 e. The van der Waals surface area contributed by atoms with Crippen molar-refractivity contribution in [2.75, 3.05) is 0 Å². The Morgan fingerprint density at radius 1 is 1.00 bits per heavy atom. The van der Waals surface area contributed by atoms with Crippen molar-refractivity contribution in [1.29, 1.82) is 0 Å². The number of alkyl halides is 1. The normalized spacial score (nSPS) is 19.3. The second kappa shape index (κ2) is 8.46. The molecule has 0 spiro atoms. The number of hydrogen-bond acceptors (Lipinski definition) is 0. The summed E-state index contributed by atoms with van der Waals surface area (Å²) < 4.78 is 0. The number of rotatable bonds is 9. The van der Waals surface area contributed by atoms with Crippen LogP contribution in [0, 0.1) is 11.8 Å². The van der Waals surface area contributed by atoms with Gasteiger partial charge < -0.3 is 0 Å². The molecular formula is C17H33Cl. The molecule has 108 valence electrons. The van der Waals surface area contributed by atoms with E-state index in [1.165, 1.54) is 70.6 Å². The van der Waals surface area contributed by atoms with Crippen molar-refractivity contribution in [1.82, 2.24) is 0 Å². The number of halogens is 1. The van der Waals surface area contributed by atoms with E-state index in [-0.39, 0.29) is 4.87 Å². The third kappa shape index (κ3) is 5.95. The summed E-state index contributed by atoms with van der Waals surface area (Å²) in [6.07, 6.45) is 15.5. The topological polar surface area (TPSA) is 0 Å². The quantitative estimate of drug-likeness (QED) is 0.329. The Labute approximate surface area is 120 Å². The lowest BCUT2D eigenvalue weighted by atomic mass is 9.78. The summed E-state index contributed by atoms with van der Waals surface area (Å²) in [6, 6.07) is 0. The van der Waals surface area contributed by atoms with Crippen LogP contribution in [0.4, 0.5) is 0 Å². The van der Waals surface area contributed by atoms with E-state index >= 15 is 0 Å². The molecule has 18 heavy (non-hydrogen) atoms. The summed E-state index contributed by atoms with van der Waals surface area (Å²) in [7, 11) is 0. The summed E-state index contributed by atoms with van der Waals surface area (Å²) in [6.45, 7) is 6.75. The first-order valence-corrected chi connectivity index (χ1v) is 8.62. The molecule has 0 aromatic heterocycles. The van der Waals surface area contributed by atoms with Gasteiger partial charge in [-0.3, -0.25) is 0 Å². The van der Waals surface area contributed by atoms with Crippen LogP contribution in [0.1, 0.15) is 91.4 Å². The van der Waals surface area contributed by atoms with E-state index in [4.69, 9.17) is 11.6 Å². The Hall–Kier alpha value is 0.290. The molecule has 1 unspecified atom stereocenters. The summed E-state index contributed by atoms with van der Waals surface area (Å²) in [5.74, 6) is 1.65. The van der Waals surface area contributed by atoms with Gasteiger partial charge in [0.05, 0.1) is 0 Å². The highest BCUT2D eigenvalue weighted by atomic mass is 35.5. The van der Waals surface area contributed by atoms with Crippen LogP contribution >= 0.6 is 11.6 Å². The van der Waals surface area contributed by atoms with Crippen LogP contribution in [0.15, 0.2) is 0 Å². The van der Waals surface area contributed by atoms with Gasteiger partial charge in [0.15, 0.2) is 0 Å². The van der Waals surface area contributed by atoms with Crippen LogP contribution in [0.5, 0.6) is 0 Å². The van der Waals surface area contributed by atoms with Crippen LogP contribution in [-0.2, 0) is 0 Å². The van der Waals surface area contributed by atoms with Crippen molar-refractivity contribution in [2.45, 2.75) is 96.3 Å². The molecule has 1 rings (SSSR count). The predicted molar refractivity (Wildman–Crippen MR) is 83.4 cm³/mol. The molecule has 0 saturated heterocycles. The monoisotopic (exact) mass is 272 g/mol. The molecule has 0 amide bonds. The van der Waals surface area contributed by atoms with E-state index in [9.17, 15) is 0 Å². The molecule has 0 N–H and O–H groups in total. The summed E-state index contributed by atoms with van der Waals surface area (Å²) >= 11 is 6.64. The molecule has 0 nitrogen and oxygen atoms in total. The van der Waals surface area contributed by atoms with Gasteiger partial charge in [0.2, 0.25) is 0 Å². The van der Waals surface area contributed by atoms with E-state index in [1.807, 2.05) is 0 Å². The lowest BCUT2D eigenvalue weighted by Gasteiger charge is -2.33. The van der Waals surface area contributed by atoms with E-state index in [0.717, 1.165) is 11.8 Å². The molecule has 0 radical (unpaired) electrons. The Morgan fingerprint density at radius 2 is 1.56 bits per heavy atom. The van der Waals surface area contributed by atoms with Gasteiger partial charge in [0, 0.05) is 4.87 Å². The van der Waals surface area contributed by atoms with Gasteiger partial charge >= 0.3 is 0 Å². The Bertz CT molecular complexity index is 198. The van der Waals surface area contributed by atoms with Crippen LogP contribution in [0.25, 0.3) is 0 Å². The zero-order chi connectivity index (χ0) is 13.4. The first-order chi connectivity index (χ1) is 8.55. The van der Waals surface area contributed by atoms with Gasteiger partial charge in [-0.1, -0.05) is 71.1 Å². The van der Waals surface area contributed by atoms with Gasteiger partial charge in [-0.05, 0) is 32.1 Å². The van der Waals surface area contributed by atoms with Crippen LogP contribution in [-0.4, -0.2) is 4.87 Å². The fraction of sp³-hybridized carbons (Fsp3) is 1.00. The molecular weight excluding hydrogens is 240 g/mol. The molecule has 0 aliphatic heterocycles. The molecule has 1 fully saturated rings. The second-order valence-electron chi connectivity index (χ2n) is 6.77. The Morgan fingerprint density at radius 3 is 2.11 bits per heavy atom. The summed E-state index contributed by atoms with van der Waals surface area (Å²) in [4.78, 5) is -0.00156. The Kier molecular flexibility index (Phi) is 7.68. The molecule has 1 atom stereocenters. The Balaban J connectivity index is 2.24. The van der Waals surface area contributed by atoms with Crippen molar-refractivity contribution in [3.05, 3.63) is 0 Å². The summed E-state index contributed by atoms with van der Waals surface area (Å²) in [5, 5.41) is 0. The maximum absolute atomic E-state index is 6.64. The first-order valence-electron chi connectivity index (χ1n) is 8.24. The van der Waals surface area contributed by atoms with Gasteiger partial charge in [-0.25, -0.2) is 0 Å². The maximum Gasteiger partial charge on any atom is 0.0421 e. The molecule has 1 heteroatoms. The van der Waals surface area contributed by atoms with Crippen molar-refractivity contribution in [3.63, 3.8) is 0 Å². The highest BCUT2D eigenvalue weighted by Crippen LogP contribution is 2.42. The fourth-order valence-corrected chi connectivity index (χ4v) is 3.93. The molecule has 0 aromatic rings. The van der Waals surface area contributed by atoms with E-state index in [0.29, 0.717) is 0 Å². The van der Waals surface area contributed by atoms with Crippen LogP contribution < -0.4 is 0 Å². The maximum atomic E-state index is 6.64. The first kappa shape index (κ1) is 16.3. The van der Waals surface area contributed by atoms with Crippen molar-refractivity contribution in [3.8, 4) is 0 Å². The average Bonchev–Trinajstić information content (AvgIpc) is 2.79. The minimum absolute atomic E-state index is 0.00156. The highest BCUT2D eigenvalue weighted by Gasteiger charge is 2.34. The lowest BCUT2D eigenvalue weighted by molar-refractivity contribution is 0.252. The number of hydrogen-bond donors (Lipinski definition) is 0. The highest BCUT2D eigenvalue weighted by molar-refractivity contribution is 6.23. The van der Waals surface area contributed by atoms with Gasteiger partial charge in [0.1, 0.15) is 0 Å². The summed E-state index contributed by atoms with van der Waals surface area (Å²) in [5.41, 5.74) is 0. The number of unbranched alkanes of at least 4 members (excludes halogenated alkanes) is 5. The van der Waals surface area contributed by atoms with Crippen LogP contribution in [0.2, 0.25) is 0 Å². The van der Waals surface area contributed by atoms with Gasteiger partial charge in [-0.15, -0.1) is 11.6 Å². The SMILES string of the molecule is CCCCCCCCC(C1CCCC1)C(C)(C)Cl. The zero-order valence-corrected chi connectivity index (χ0v) is 13.6. The third-order valence-corrected chi connectivity index (χ3v) is 5.00. The molecule has 0 aromatic carbocycles. The molecule has 1 saturated carbocycles. The minimum Gasteiger partial charge on any atom is -0.120 e. The van der Waals surface area contributed by atoms with Gasteiger partial charge in [-0.2, -0.15) is 0 Å². The standard InChI is InChI=1S/C17H33Cl/c1-4-5-6-7-8-9-14-16(17(2,3)18)15-12-10-11-13-15/h15-16H,4-14H2,1-3H3. The van der Waals surface area contributed by atoms with Crippen molar-refractivity contribution >= 4 is 11.6 Å². The molecule has 0 heterocycles. The zero-order valence-electron chi connectivity index (χ0n) is 12.8. The molecule has 0 bridgehead atoms. The molecule has 1 aliphatic carbocycles. The third-order valence-electron chi connectivity index (χ3n) is 4.72. The lowest BCUT2D eigenvalue weighted by Crippen LogP contribution is -2.30. The van der Waals surface area contributed by atoms with E-state index < -0.39 is 0 Å². The van der Waals surface area contributed by atoms with Crippen LogP contribution in [0.3, 0.4) is 0 Å². The largest absolute Gasteiger partial charge is 0.120 e.